The highest BCUT2D eigenvalue weighted by molar-refractivity contribution is 9.09. The van der Waals surface area contributed by atoms with E-state index >= 15 is 0 Å². The Hall–Kier alpha value is -0.270. The quantitative estimate of drug-likeness (QED) is 0.296. The zero-order valence-electron chi connectivity index (χ0n) is 13.4. The molecule has 0 heterocycles. The SMILES string of the molecule is CC[C@H](C)[C@H](NSC(=O)OC(C)(C)C)C(=O)OCCCBr. The summed E-state index contributed by atoms with van der Waals surface area (Å²) >= 11 is 4.09. The maximum Gasteiger partial charge on any atom is 0.383 e. The predicted molar refractivity (Wildman–Crippen MR) is 89.6 cm³/mol. The van der Waals surface area contributed by atoms with Gasteiger partial charge in [-0.15, -0.1) is 0 Å². The van der Waals surface area contributed by atoms with E-state index < -0.39 is 16.9 Å². The van der Waals surface area contributed by atoms with Crippen LogP contribution in [0.15, 0.2) is 0 Å². The summed E-state index contributed by atoms with van der Waals surface area (Å²) in [5, 5.41) is 0.332. The molecule has 0 bridgehead atoms. The van der Waals surface area contributed by atoms with Crippen molar-refractivity contribution in [2.45, 2.75) is 59.1 Å². The van der Waals surface area contributed by atoms with Crippen molar-refractivity contribution in [2.24, 2.45) is 5.92 Å². The number of rotatable bonds is 8. The van der Waals surface area contributed by atoms with Gasteiger partial charge in [-0.05, 0) is 33.1 Å². The summed E-state index contributed by atoms with van der Waals surface area (Å²) in [6.07, 6.45) is 1.57. The van der Waals surface area contributed by atoms with Crippen molar-refractivity contribution in [3.63, 3.8) is 0 Å². The van der Waals surface area contributed by atoms with Crippen molar-refractivity contribution in [3.05, 3.63) is 0 Å². The van der Waals surface area contributed by atoms with Crippen LogP contribution < -0.4 is 4.72 Å². The number of hydrogen-bond donors (Lipinski definition) is 1. The second-order valence-corrected chi connectivity index (χ2v) is 7.32. The fourth-order valence-electron chi connectivity index (χ4n) is 1.33. The van der Waals surface area contributed by atoms with Gasteiger partial charge in [0, 0.05) is 17.3 Å². The normalized spacial score (nSPS) is 14.4. The smallest absolute Gasteiger partial charge is 0.383 e. The maximum absolute atomic E-state index is 12.1. The van der Waals surface area contributed by atoms with Gasteiger partial charge in [0.25, 0.3) is 0 Å². The van der Waals surface area contributed by atoms with E-state index in [1.54, 1.807) is 20.8 Å². The van der Waals surface area contributed by atoms with Crippen LogP contribution in [0.4, 0.5) is 4.79 Å². The van der Waals surface area contributed by atoms with Crippen molar-refractivity contribution < 1.29 is 19.1 Å². The van der Waals surface area contributed by atoms with Crippen LogP contribution in [0.3, 0.4) is 0 Å². The summed E-state index contributed by atoms with van der Waals surface area (Å²) in [5.74, 6) is -0.266. The van der Waals surface area contributed by atoms with Crippen LogP contribution in [0.1, 0.15) is 47.5 Å². The first kappa shape index (κ1) is 20.7. The number of hydrogen-bond acceptors (Lipinski definition) is 6. The number of esters is 1. The average Bonchev–Trinajstić information content (AvgIpc) is 2.36. The molecule has 0 spiro atoms. The summed E-state index contributed by atoms with van der Waals surface area (Å²) in [5.41, 5.74) is -0.548. The van der Waals surface area contributed by atoms with E-state index in [0.29, 0.717) is 6.61 Å². The van der Waals surface area contributed by atoms with Gasteiger partial charge in [0.15, 0.2) is 0 Å². The van der Waals surface area contributed by atoms with Crippen molar-refractivity contribution in [1.29, 1.82) is 0 Å². The molecule has 0 rings (SSSR count). The van der Waals surface area contributed by atoms with Crippen LogP contribution in [0.2, 0.25) is 0 Å². The molecule has 0 aromatic carbocycles. The first-order valence-corrected chi connectivity index (χ1v) is 9.03. The third kappa shape index (κ3) is 10.1. The van der Waals surface area contributed by atoms with Gasteiger partial charge in [-0.25, -0.2) is 9.52 Å². The Balaban J connectivity index is 4.43. The van der Waals surface area contributed by atoms with Crippen molar-refractivity contribution in [3.8, 4) is 0 Å². The van der Waals surface area contributed by atoms with Crippen LogP contribution in [-0.4, -0.2) is 34.9 Å². The molecule has 0 saturated heterocycles. The minimum atomic E-state index is -0.548. The number of carbonyl (C=O) groups excluding carboxylic acids is 2. The largest absolute Gasteiger partial charge is 0.464 e. The Bertz CT molecular complexity index is 333. The fourth-order valence-corrected chi connectivity index (χ4v) is 2.40. The number of halogens is 1. The molecular formula is C14H26BrNO4S. The lowest BCUT2D eigenvalue weighted by Gasteiger charge is -2.23. The van der Waals surface area contributed by atoms with E-state index in [0.717, 1.165) is 30.1 Å². The number of ether oxygens (including phenoxy) is 2. The van der Waals surface area contributed by atoms with Crippen molar-refractivity contribution >= 4 is 39.1 Å². The van der Waals surface area contributed by atoms with E-state index in [4.69, 9.17) is 9.47 Å². The highest BCUT2D eigenvalue weighted by Crippen LogP contribution is 2.17. The van der Waals surface area contributed by atoms with Crippen LogP contribution in [0.5, 0.6) is 0 Å². The molecule has 0 aromatic rings. The molecule has 0 aromatic heterocycles. The average molecular weight is 384 g/mol. The summed E-state index contributed by atoms with van der Waals surface area (Å²) in [6.45, 7) is 9.70. The van der Waals surface area contributed by atoms with Gasteiger partial charge in [0.2, 0.25) is 0 Å². The number of alkyl halides is 1. The molecule has 0 saturated carbocycles. The van der Waals surface area contributed by atoms with Gasteiger partial charge in [0.1, 0.15) is 11.6 Å². The maximum atomic E-state index is 12.1. The minimum Gasteiger partial charge on any atom is -0.464 e. The molecule has 0 amide bonds. The fraction of sp³-hybridized carbons (Fsp3) is 0.857. The lowest BCUT2D eigenvalue weighted by Crippen LogP contribution is -2.40. The molecule has 0 aliphatic carbocycles. The minimum absolute atomic E-state index is 0.0661. The zero-order chi connectivity index (χ0) is 16.5. The third-order valence-corrected chi connectivity index (χ3v) is 3.83. The second kappa shape index (κ2) is 10.5. The first-order valence-electron chi connectivity index (χ1n) is 7.09. The summed E-state index contributed by atoms with van der Waals surface area (Å²) in [7, 11) is 0. The van der Waals surface area contributed by atoms with E-state index in [-0.39, 0.29) is 11.9 Å². The predicted octanol–water partition coefficient (Wildman–Crippen LogP) is 3.90. The van der Waals surface area contributed by atoms with Crippen LogP contribution >= 0.6 is 27.9 Å². The molecule has 0 fully saturated rings. The summed E-state index contributed by atoms with van der Waals surface area (Å²) in [6, 6.07) is -0.525. The van der Waals surface area contributed by atoms with E-state index in [1.807, 2.05) is 13.8 Å². The van der Waals surface area contributed by atoms with Gasteiger partial charge in [0.05, 0.1) is 6.61 Å². The Morgan fingerprint density at radius 1 is 1.33 bits per heavy atom. The second-order valence-electron chi connectivity index (χ2n) is 5.76. The van der Waals surface area contributed by atoms with Gasteiger partial charge < -0.3 is 9.47 Å². The van der Waals surface area contributed by atoms with Crippen molar-refractivity contribution in [1.82, 2.24) is 4.72 Å². The standard InChI is InChI=1S/C14H26BrNO4S/c1-6-10(2)11(12(17)19-9-7-8-15)16-21-13(18)20-14(3,4)5/h10-11,16H,6-9H2,1-5H3/t10-,11-/m0/s1. The lowest BCUT2D eigenvalue weighted by atomic mass is 10.0. The first-order chi connectivity index (χ1) is 9.71. The van der Waals surface area contributed by atoms with Crippen molar-refractivity contribution in [2.75, 3.05) is 11.9 Å². The molecule has 0 radical (unpaired) electrons. The topological polar surface area (TPSA) is 64.6 Å². The Morgan fingerprint density at radius 3 is 2.43 bits per heavy atom. The van der Waals surface area contributed by atoms with Crippen LogP contribution in [-0.2, 0) is 14.3 Å². The van der Waals surface area contributed by atoms with Crippen LogP contribution in [0.25, 0.3) is 0 Å². The molecule has 0 aliphatic rings. The molecule has 21 heavy (non-hydrogen) atoms. The van der Waals surface area contributed by atoms with Gasteiger partial charge in [-0.3, -0.25) is 4.79 Å². The molecule has 124 valence electrons. The lowest BCUT2D eigenvalue weighted by molar-refractivity contribution is -0.146. The number of nitrogens with one attached hydrogen (secondary N) is 1. The van der Waals surface area contributed by atoms with Gasteiger partial charge in [-0.2, -0.15) is 0 Å². The van der Waals surface area contributed by atoms with Gasteiger partial charge in [-0.1, -0.05) is 36.2 Å². The Labute approximate surface area is 140 Å². The monoisotopic (exact) mass is 383 g/mol. The molecule has 0 unspecified atom stereocenters. The Morgan fingerprint density at radius 2 is 1.95 bits per heavy atom. The van der Waals surface area contributed by atoms with E-state index in [9.17, 15) is 9.59 Å². The molecule has 7 heteroatoms. The molecule has 5 nitrogen and oxygen atoms in total. The molecule has 0 aliphatic heterocycles. The summed E-state index contributed by atoms with van der Waals surface area (Å²) in [4.78, 5) is 23.7. The molecule has 2 atom stereocenters. The van der Waals surface area contributed by atoms with Crippen LogP contribution in [0, 0.1) is 5.92 Å². The molecule has 1 N–H and O–H groups in total. The molecular weight excluding hydrogens is 358 g/mol. The van der Waals surface area contributed by atoms with Gasteiger partial charge >= 0.3 is 11.3 Å². The highest BCUT2D eigenvalue weighted by Gasteiger charge is 2.27. The zero-order valence-corrected chi connectivity index (χ0v) is 15.8. The highest BCUT2D eigenvalue weighted by atomic mass is 79.9. The number of carbonyl (C=O) groups is 2. The summed E-state index contributed by atoms with van der Waals surface area (Å²) < 4.78 is 13.3. The Kier molecular flexibility index (Phi) is 10.3. The van der Waals surface area contributed by atoms with E-state index in [2.05, 4.69) is 20.7 Å². The van der Waals surface area contributed by atoms with E-state index in [1.165, 1.54) is 0 Å². The third-order valence-electron chi connectivity index (χ3n) is 2.65.